The van der Waals surface area contributed by atoms with E-state index in [0.717, 1.165) is 0 Å². The van der Waals surface area contributed by atoms with E-state index in [1.54, 1.807) is 6.92 Å². The average Bonchev–Trinajstić information content (AvgIpc) is 1.86. The van der Waals surface area contributed by atoms with Gasteiger partial charge < -0.3 is 4.74 Å². The third-order valence-corrected chi connectivity index (χ3v) is 1.54. The van der Waals surface area contributed by atoms with Crippen LogP contribution in [0.15, 0.2) is 10.6 Å². The molecule has 0 aromatic carbocycles. The number of halogens is 1. The highest BCUT2D eigenvalue weighted by atomic mass is 79.9. The monoisotopic (exact) mass is 220 g/mol. The first-order chi connectivity index (χ1) is 5.07. The summed E-state index contributed by atoms with van der Waals surface area (Å²) >= 11 is 3.13. The molecular weight excluding hydrogens is 208 g/mol. The van der Waals surface area contributed by atoms with E-state index in [1.807, 2.05) is 19.9 Å². The van der Waals surface area contributed by atoms with Crippen LogP contribution in [-0.2, 0) is 9.53 Å². The lowest BCUT2D eigenvalue weighted by Crippen LogP contribution is -2.03. The number of rotatable bonds is 3. The molecule has 11 heavy (non-hydrogen) atoms. The van der Waals surface area contributed by atoms with Crippen molar-refractivity contribution in [1.29, 1.82) is 0 Å². The Morgan fingerprint density at radius 3 is 2.55 bits per heavy atom. The lowest BCUT2D eigenvalue weighted by Gasteiger charge is -2.00. The topological polar surface area (TPSA) is 26.3 Å². The molecule has 0 saturated heterocycles. The van der Waals surface area contributed by atoms with Crippen molar-refractivity contribution in [2.45, 2.75) is 20.8 Å². The minimum Gasteiger partial charge on any atom is -0.462 e. The van der Waals surface area contributed by atoms with Crippen molar-refractivity contribution in [1.82, 2.24) is 0 Å². The molecule has 0 aromatic rings. The average molecular weight is 221 g/mol. The zero-order valence-electron chi connectivity index (χ0n) is 7.06. The molecule has 0 aliphatic rings. The number of carbonyl (C=O) groups excluding carboxylic acids is 1. The molecule has 0 rings (SSSR count). The van der Waals surface area contributed by atoms with Crippen LogP contribution in [0.5, 0.6) is 0 Å². The van der Waals surface area contributed by atoms with Crippen LogP contribution < -0.4 is 0 Å². The summed E-state index contributed by atoms with van der Waals surface area (Å²) in [4.78, 5) is 10.9. The van der Waals surface area contributed by atoms with Gasteiger partial charge in [-0.25, -0.2) is 4.79 Å². The Kier molecular flexibility index (Phi) is 5.20. The van der Waals surface area contributed by atoms with Gasteiger partial charge >= 0.3 is 5.97 Å². The van der Waals surface area contributed by atoms with Crippen LogP contribution in [0.2, 0.25) is 0 Å². The van der Waals surface area contributed by atoms with Gasteiger partial charge in [-0.3, -0.25) is 0 Å². The molecule has 0 fully saturated rings. The lowest BCUT2D eigenvalue weighted by molar-refractivity contribution is -0.137. The fourth-order valence-corrected chi connectivity index (χ4v) is 1.20. The fraction of sp³-hybridized carbons (Fsp3) is 0.625. The van der Waals surface area contributed by atoms with Crippen LogP contribution in [0.3, 0.4) is 0 Å². The molecule has 0 N–H and O–H groups in total. The summed E-state index contributed by atoms with van der Waals surface area (Å²) in [5.74, 6) is 0.0648. The third-order valence-electron chi connectivity index (χ3n) is 0.950. The molecule has 0 bridgehead atoms. The zero-order chi connectivity index (χ0) is 8.85. The molecule has 2 nitrogen and oxygen atoms in total. The van der Waals surface area contributed by atoms with Crippen molar-refractivity contribution in [3.8, 4) is 0 Å². The molecule has 0 aliphatic carbocycles. The number of hydrogen-bond acceptors (Lipinski definition) is 2. The largest absolute Gasteiger partial charge is 0.462 e. The minimum atomic E-state index is -0.291. The van der Waals surface area contributed by atoms with Gasteiger partial charge in [-0.1, -0.05) is 19.9 Å². The zero-order valence-corrected chi connectivity index (χ0v) is 8.64. The van der Waals surface area contributed by atoms with Crippen LogP contribution in [0.4, 0.5) is 0 Å². The van der Waals surface area contributed by atoms with E-state index in [2.05, 4.69) is 15.9 Å². The number of hydrogen-bond donors (Lipinski definition) is 0. The number of carbonyl (C=O) groups is 1. The Morgan fingerprint density at radius 2 is 2.18 bits per heavy atom. The van der Waals surface area contributed by atoms with Gasteiger partial charge in [-0.2, -0.15) is 0 Å². The molecule has 0 radical (unpaired) electrons. The highest BCUT2D eigenvalue weighted by Crippen LogP contribution is 2.10. The molecule has 0 aromatic heterocycles. The molecule has 64 valence electrons. The second-order valence-electron chi connectivity index (χ2n) is 2.48. The van der Waals surface area contributed by atoms with E-state index in [-0.39, 0.29) is 5.97 Å². The minimum absolute atomic E-state index is 0.291. The first-order valence-electron chi connectivity index (χ1n) is 3.62. The van der Waals surface area contributed by atoms with Crippen LogP contribution in [0.25, 0.3) is 0 Å². The van der Waals surface area contributed by atoms with Crippen LogP contribution in [-0.4, -0.2) is 12.6 Å². The third kappa shape index (κ3) is 5.01. The highest BCUT2D eigenvalue weighted by molar-refractivity contribution is 9.12. The maximum absolute atomic E-state index is 10.9. The first kappa shape index (κ1) is 10.7. The molecule has 0 spiro atoms. The van der Waals surface area contributed by atoms with Gasteiger partial charge in [0.25, 0.3) is 0 Å². The van der Waals surface area contributed by atoms with Crippen LogP contribution >= 0.6 is 15.9 Å². The van der Waals surface area contributed by atoms with E-state index >= 15 is 0 Å². The molecular formula is C8H13BrO2. The van der Waals surface area contributed by atoms with Gasteiger partial charge in [0, 0.05) is 0 Å². The summed E-state index contributed by atoms with van der Waals surface area (Å²) in [6, 6.07) is 0. The molecule has 0 saturated carbocycles. The second-order valence-corrected chi connectivity index (χ2v) is 3.33. The van der Waals surface area contributed by atoms with Crippen molar-refractivity contribution >= 4 is 21.9 Å². The van der Waals surface area contributed by atoms with Crippen LogP contribution in [0.1, 0.15) is 20.8 Å². The lowest BCUT2D eigenvalue weighted by atomic mass is 10.2. The van der Waals surface area contributed by atoms with E-state index in [1.165, 1.54) is 0 Å². The Hall–Kier alpha value is -0.310. The molecule has 3 heteroatoms. The maximum Gasteiger partial charge on any atom is 0.344 e. The fourth-order valence-electron chi connectivity index (χ4n) is 0.561. The predicted octanol–water partition coefficient (Wildman–Crippen LogP) is 2.48. The van der Waals surface area contributed by atoms with Gasteiger partial charge in [0.05, 0.1) is 11.1 Å². The molecule has 0 aliphatic heterocycles. The molecule has 0 amide bonds. The van der Waals surface area contributed by atoms with Crippen molar-refractivity contribution in [2.24, 2.45) is 5.92 Å². The van der Waals surface area contributed by atoms with Gasteiger partial charge in [0.1, 0.15) is 0 Å². The summed E-state index contributed by atoms with van der Waals surface area (Å²) in [7, 11) is 0. The smallest absolute Gasteiger partial charge is 0.344 e. The second kappa shape index (κ2) is 5.35. The van der Waals surface area contributed by atoms with E-state index in [4.69, 9.17) is 4.74 Å². The SMILES string of the molecule is CCOC(=O)/C(Br)=C\C(C)C. The summed E-state index contributed by atoms with van der Waals surface area (Å²) in [6.45, 7) is 6.20. The predicted molar refractivity (Wildman–Crippen MR) is 48.5 cm³/mol. The Labute approximate surface area is 75.7 Å². The Balaban J connectivity index is 4.01. The number of allylic oxidation sites excluding steroid dienone is 1. The highest BCUT2D eigenvalue weighted by Gasteiger charge is 2.05. The quantitative estimate of drug-likeness (QED) is 0.540. The van der Waals surface area contributed by atoms with E-state index in [0.29, 0.717) is 17.0 Å². The summed E-state index contributed by atoms with van der Waals surface area (Å²) in [5, 5.41) is 0. The summed E-state index contributed by atoms with van der Waals surface area (Å²) in [6.07, 6.45) is 1.82. The van der Waals surface area contributed by atoms with E-state index in [9.17, 15) is 4.79 Å². The maximum atomic E-state index is 10.9. The van der Waals surface area contributed by atoms with E-state index < -0.39 is 0 Å². The molecule has 0 heterocycles. The number of esters is 1. The van der Waals surface area contributed by atoms with Crippen molar-refractivity contribution in [3.05, 3.63) is 10.6 Å². The van der Waals surface area contributed by atoms with Gasteiger partial charge in [-0.05, 0) is 28.8 Å². The normalized spacial score (nSPS) is 11.9. The van der Waals surface area contributed by atoms with Crippen molar-refractivity contribution in [3.63, 3.8) is 0 Å². The Bertz CT molecular complexity index is 161. The Morgan fingerprint density at radius 1 is 1.64 bits per heavy atom. The van der Waals surface area contributed by atoms with Gasteiger partial charge in [0.2, 0.25) is 0 Å². The van der Waals surface area contributed by atoms with Crippen LogP contribution in [0, 0.1) is 5.92 Å². The molecule has 0 unspecified atom stereocenters. The number of ether oxygens (including phenoxy) is 1. The first-order valence-corrected chi connectivity index (χ1v) is 4.41. The van der Waals surface area contributed by atoms with Gasteiger partial charge in [0.15, 0.2) is 0 Å². The van der Waals surface area contributed by atoms with Gasteiger partial charge in [-0.15, -0.1) is 0 Å². The summed E-state index contributed by atoms with van der Waals surface area (Å²) in [5.41, 5.74) is 0. The standard InChI is InChI=1S/C8H13BrO2/c1-4-11-8(10)7(9)5-6(2)3/h5-6H,4H2,1-3H3/b7-5+. The van der Waals surface area contributed by atoms with Crippen molar-refractivity contribution < 1.29 is 9.53 Å². The van der Waals surface area contributed by atoms with Crippen molar-refractivity contribution in [2.75, 3.05) is 6.61 Å². The molecule has 0 atom stereocenters. The summed E-state index contributed by atoms with van der Waals surface area (Å²) < 4.78 is 5.26.